The number of carbonyl (C=O) groups excluding carboxylic acids is 2. The zero-order valence-corrected chi connectivity index (χ0v) is 15.9. The number of thioether (sulfide) groups is 1. The molecule has 1 rings (SSSR count). The van der Waals surface area contributed by atoms with Gasteiger partial charge in [-0.1, -0.05) is 43.4 Å². The SMILES string of the molecule is C/C=C\C(=C/CC)C(=O)NNC(=O)CSC(C)=Nc1ccccc1C. The third kappa shape index (κ3) is 7.85. The normalized spacial score (nSPS) is 12.3. The third-order valence-corrected chi connectivity index (χ3v) is 4.07. The second kappa shape index (κ2) is 11.3. The van der Waals surface area contributed by atoms with E-state index in [1.807, 2.05) is 52.0 Å². The van der Waals surface area contributed by atoms with E-state index in [-0.39, 0.29) is 17.6 Å². The molecule has 0 aliphatic carbocycles. The predicted molar refractivity (Wildman–Crippen MR) is 106 cm³/mol. The summed E-state index contributed by atoms with van der Waals surface area (Å²) >= 11 is 1.33. The summed E-state index contributed by atoms with van der Waals surface area (Å²) in [5.74, 6) is -0.435. The van der Waals surface area contributed by atoms with Crippen molar-refractivity contribution in [3.05, 3.63) is 53.6 Å². The van der Waals surface area contributed by atoms with Crippen molar-refractivity contribution in [2.45, 2.75) is 34.1 Å². The molecule has 0 bridgehead atoms. The van der Waals surface area contributed by atoms with Gasteiger partial charge in [-0.2, -0.15) is 0 Å². The fourth-order valence-electron chi connectivity index (χ4n) is 1.93. The highest BCUT2D eigenvalue weighted by molar-refractivity contribution is 8.14. The molecule has 0 aliphatic rings. The molecule has 0 saturated heterocycles. The Hall–Kier alpha value is -2.34. The smallest absolute Gasteiger partial charge is 0.269 e. The molecule has 6 heteroatoms. The summed E-state index contributed by atoms with van der Waals surface area (Å²) < 4.78 is 0. The van der Waals surface area contributed by atoms with Gasteiger partial charge in [0, 0.05) is 5.57 Å². The van der Waals surface area contributed by atoms with E-state index < -0.39 is 0 Å². The molecule has 0 saturated carbocycles. The van der Waals surface area contributed by atoms with Crippen LogP contribution in [0.2, 0.25) is 0 Å². The van der Waals surface area contributed by atoms with Crippen LogP contribution in [0.3, 0.4) is 0 Å². The third-order valence-electron chi connectivity index (χ3n) is 3.15. The molecular formula is C19H25N3O2S. The van der Waals surface area contributed by atoms with Crippen LogP contribution in [0.5, 0.6) is 0 Å². The highest BCUT2D eigenvalue weighted by atomic mass is 32.2. The molecule has 0 atom stereocenters. The number of hydrazine groups is 1. The van der Waals surface area contributed by atoms with Gasteiger partial charge < -0.3 is 0 Å². The summed E-state index contributed by atoms with van der Waals surface area (Å²) in [6.07, 6.45) is 6.03. The van der Waals surface area contributed by atoms with Gasteiger partial charge in [0.25, 0.3) is 5.91 Å². The molecule has 0 spiro atoms. The lowest BCUT2D eigenvalue weighted by atomic mass is 10.2. The van der Waals surface area contributed by atoms with Crippen molar-refractivity contribution < 1.29 is 9.59 Å². The number of carbonyl (C=O) groups is 2. The average Bonchev–Trinajstić information content (AvgIpc) is 2.59. The number of allylic oxidation sites excluding steroid dienone is 2. The molecule has 0 aliphatic heterocycles. The van der Waals surface area contributed by atoms with Gasteiger partial charge in [0.05, 0.1) is 16.5 Å². The van der Waals surface area contributed by atoms with E-state index >= 15 is 0 Å². The lowest BCUT2D eigenvalue weighted by Crippen LogP contribution is -2.43. The van der Waals surface area contributed by atoms with Crippen LogP contribution in [0.25, 0.3) is 0 Å². The number of hydrogen-bond acceptors (Lipinski definition) is 4. The van der Waals surface area contributed by atoms with Gasteiger partial charge in [0.2, 0.25) is 5.91 Å². The van der Waals surface area contributed by atoms with Crippen LogP contribution in [0.15, 0.2) is 53.1 Å². The summed E-state index contributed by atoms with van der Waals surface area (Å²) in [7, 11) is 0. The topological polar surface area (TPSA) is 70.6 Å². The van der Waals surface area contributed by atoms with Crippen molar-refractivity contribution in [3.8, 4) is 0 Å². The molecule has 0 heterocycles. The number of nitrogens with one attached hydrogen (secondary N) is 2. The Morgan fingerprint density at radius 3 is 2.60 bits per heavy atom. The fraction of sp³-hybridized carbons (Fsp3) is 0.316. The Bertz CT molecular complexity index is 694. The van der Waals surface area contributed by atoms with Crippen molar-refractivity contribution in [1.29, 1.82) is 0 Å². The Labute approximate surface area is 153 Å². The Kier molecular flexibility index (Phi) is 9.32. The van der Waals surface area contributed by atoms with Crippen LogP contribution >= 0.6 is 11.8 Å². The maximum Gasteiger partial charge on any atom is 0.269 e. The second-order valence-electron chi connectivity index (χ2n) is 5.28. The van der Waals surface area contributed by atoms with Gasteiger partial charge in [-0.3, -0.25) is 20.4 Å². The Morgan fingerprint density at radius 2 is 1.96 bits per heavy atom. The number of para-hydroxylation sites is 1. The summed E-state index contributed by atoms with van der Waals surface area (Å²) in [5.41, 5.74) is 7.34. The molecule has 2 N–H and O–H groups in total. The zero-order valence-electron chi connectivity index (χ0n) is 15.1. The van der Waals surface area contributed by atoms with E-state index in [0.717, 1.165) is 22.7 Å². The van der Waals surface area contributed by atoms with Crippen LogP contribution in [-0.2, 0) is 9.59 Å². The summed E-state index contributed by atoms with van der Waals surface area (Å²) in [5, 5.41) is 0.788. The van der Waals surface area contributed by atoms with E-state index in [1.54, 1.807) is 18.2 Å². The second-order valence-corrected chi connectivity index (χ2v) is 6.44. The van der Waals surface area contributed by atoms with E-state index in [2.05, 4.69) is 15.8 Å². The first-order valence-electron chi connectivity index (χ1n) is 8.13. The van der Waals surface area contributed by atoms with Gasteiger partial charge in [-0.25, -0.2) is 4.99 Å². The Balaban J connectivity index is 2.48. The highest BCUT2D eigenvalue weighted by Crippen LogP contribution is 2.19. The summed E-state index contributed by atoms with van der Waals surface area (Å²) in [6.45, 7) is 7.63. The molecule has 134 valence electrons. The molecule has 0 unspecified atom stereocenters. The molecule has 0 radical (unpaired) electrons. The molecule has 0 fully saturated rings. The quantitative estimate of drug-likeness (QED) is 0.267. The molecule has 2 amide bonds. The maximum atomic E-state index is 12.0. The number of aliphatic imine (C=N–C) groups is 1. The molecule has 0 aromatic heterocycles. The minimum Gasteiger partial charge on any atom is -0.272 e. The van der Waals surface area contributed by atoms with E-state index in [0.29, 0.717) is 5.57 Å². The molecule has 25 heavy (non-hydrogen) atoms. The number of hydrogen-bond donors (Lipinski definition) is 2. The molecule has 1 aromatic carbocycles. The summed E-state index contributed by atoms with van der Waals surface area (Å²) in [4.78, 5) is 28.3. The number of rotatable bonds is 6. The Morgan fingerprint density at radius 1 is 1.24 bits per heavy atom. The monoisotopic (exact) mass is 359 g/mol. The van der Waals surface area contributed by atoms with Gasteiger partial charge in [0.1, 0.15) is 0 Å². The number of nitrogens with zero attached hydrogens (tertiary/aromatic N) is 1. The summed E-state index contributed by atoms with van der Waals surface area (Å²) in [6, 6.07) is 7.81. The van der Waals surface area contributed by atoms with Gasteiger partial charge >= 0.3 is 0 Å². The molecular weight excluding hydrogens is 334 g/mol. The van der Waals surface area contributed by atoms with Crippen LogP contribution in [0, 0.1) is 6.92 Å². The van der Waals surface area contributed by atoms with Crippen LogP contribution in [0.4, 0.5) is 5.69 Å². The average molecular weight is 359 g/mol. The number of aryl methyl sites for hydroxylation is 1. The first kappa shape index (κ1) is 20.7. The van der Waals surface area contributed by atoms with Crippen molar-refractivity contribution in [3.63, 3.8) is 0 Å². The van der Waals surface area contributed by atoms with Gasteiger partial charge in [0.15, 0.2) is 0 Å². The van der Waals surface area contributed by atoms with Crippen LogP contribution in [-0.4, -0.2) is 22.6 Å². The number of benzene rings is 1. The minimum atomic E-state index is -0.330. The van der Waals surface area contributed by atoms with Crippen molar-refractivity contribution in [2.75, 3.05) is 5.75 Å². The van der Waals surface area contributed by atoms with Crippen molar-refractivity contribution >= 4 is 34.3 Å². The minimum absolute atomic E-state index is 0.179. The lowest BCUT2D eigenvalue weighted by molar-refractivity contribution is -0.125. The van der Waals surface area contributed by atoms with Crippen LogP contribution < -0.4 is 10.9 Å². The van der Waals surface area contributed by atoms with E-state index in [4.69, 9.17) is 0 Å². The predicted octanol–water partition coefficient (Wildman–Crippen LogP) is 3.84. The highest BCUT2D eigenvalue weighted by Gasteiger charge is 2.08. The first-order valence-corrected chi connectivity index (χ1v) is 9.12. The standard InChI is InChI=1S/C19H25N3O2S/c1-5-9-16(10-6-2)19(24)22-21-18(23)13-25-15(4)20-17-12-8-7-11-14(17)3/h5,7-12H,6,13H2,1-4H3,(H,21,23)(H,22,24)/b9-5-,16-10+,20-15?. The largest absolute Gasteiger partial charge is 0.272 e. The first-order chi connectivity index (χ1) is 12.0. The van der Waals surface area contributed by atoms with Crippen molar-refractivity contribution in [2.24, 2.45) is 4.99 Å². The van der Waals surface area contributed by atoms with Crippen LogP contribution in [0.1, 0.15) is 32.8 Å². The zero-order chi connectivity index (χ0) is 18.7. The molecule has 1 aromatic rings. The fourth-order valence-corrected chi connectivity index (χ4v) is 2.51. The van der Waals surface area contributed by atoms with Gasteiger partial charge in [-0.15, -0.1) is 11.8 Å². The molecule has 5 nitrogen and oxygen atoms in total. The van der Waals surface area contributed by atoms with Crippen molar-refractivity contribution in [1.82, 2.24) is 10.9 Å². The number of amides is 2. The lowest BCUT2D eigenvalue weighted by Gasteiger charge is -2.08. The van der Waals surface area contributed by atoms with E-state index in [1.165, 1.54) is 11.8 Å². The maximum absolute atomic E-state index is 12.0. The van der Waals surface area contributed by atoms with E-state index in [9.17, 15) is 9.59 Å². The van der Waals surface area contributed by atoms with Gasteiger partial charge in [-0.05, 0) is 38.8 Å².